The minimum Gasteiger partial charge on any atom is -0.417 e. The Balaban J connectivity index is 5.21. The summed E-state index contributed by atoms with van der Waals surface area (Å²) >= 11 is 0. The second kappa shape index (κ2) is 6.70. The lowest BCUT2D eigenvalue weighted by Gasteiger charge is -2.31. The molecular weight excluding hydrogens is 260 g/mol. The maximum atomic E-state index is 11.7. The molecule has 0 saturated heterocycles. The number of nitrogens with one attached hydrogen (secondary N) is 2. The van der Waals surface area contributed by atoms with E-state index in [1.807, 2.05) is 0 Å². The molecule has 0 aliphatic rings. The molecule has 0 aromatic carbocycles. The molecule has 0 aromatic rings. The van der Waals surface area contributed by atoms with Crippen molar-refractivity contribution in [3.05, 3.63) is 36.5 Å². The van der Waals surface area contributed by atoms with Crippen molar-refractivity contribution >= 4 is 17.8 Å². The third-order valence-corrected chi connectivity index (χ3v) is 2.12. The van der Waals surface area contributed by atoms with Crippen molar-refractivity contribution < 1.29 is 19.1 Å². The lowest BCUT2D eigenvalue weighted by atomic mass is 10.2. The molecule has 6 heteroatoms. The first-order chi connectivity index (χ1) is 8.98. The SMILES string of the molecule is C=C(C)C(=O)NC(C)(NC(=O)C(=C)C)OC(=O)C(=C)C. The fourth-order valence-corrected chi connectivity index (χ4v) is 1.00. The Kier molecular flexibility index (Phi) is 5.90. The van der Waals surface area contributed by atoms with E-state index in [0.717, 1.165) is 0 Å². The Labute approximate surface area is 118 Å². The molecule has 0 rings (SSSR count). The van der Waals surface area contributed by atoms with Crippen LogP contribution in [-0.2, 0) is 19.1 Å². The summed E-state index contributed by atoms with van der Waals surface area (Å²) in [6.45, 7) is 16.1. The van der Waals surface area contributed by atoms with Crippen LogP contribution >= 0.6 is 0 Å². The molecular formula is C14H20N2O4. The number of rotatable bonds is 6. The van der Waals surface area contributed by atoms with Crippen LogP contribution in [0.3, 0.4) is 0 Å². The number of amides is 2. The van der Waals surface area contributed by atoms with E-state index < -0.39 is 23.6 Å². The zero-order chi connectivity index (χ0) is 16.1. The van der Waals surface area contributed by atoms with Crippen LogP contribution in [0.25, 0.3) is 0 Å². The minimum absolute atomic E-state index is 0.130. The summed E-state index contributed by atoms with van der Waals surface area (Å²) in [7, 11) is 0. The Morgan fingerprint density at radius 2 is 1.20 bits per heavy atom. The first kappa shape index (κ1) is 17.6. The maximum Gasteiger partial charge on any atom is 0.336 e. The molecule has 2 N–H and O–H groups in total. The minimum atomic E-state index is -1.72. The quantitative estimate of drug-likeness (QED) is 0.434. The van der Waals surface area contributed by atoms with Gasteiger partial charge in [0.15, 0.2) is 0 Å². The Hall–Kier alpha value is -2.37. The van der Waals surface area contributed by atoms with Crippen molar-refractivity contribution in [1.29, 1.82) is 0 Å². The van der Waals surface area contributed by atoms with Gasteiger partial charge in [-0.05, 0) is 20.8 Å². The summed E-state index contributed by atoms with van der Waals surface area (Å²) in [4.78, 5) is 34.9. The van der Waals surface area contributed by atoms with Gasteiger partial charge in [0.1, 0.15) is 0 Å². The van der Waals surface area contributed by atoms with Gasteiger partial charge in [-0.3, -0.25) is 20.2 Å². The van der Waals surface area contributed by atoms with Crippen molar-refractivity contribution in [3.8, 4) is 0 Å². The molecule has 0 aromatic heterocycles. The molecule has 0 saturated carbocycles. The number of ether oxygens (including phenoxy) is 1. The standard InChI is InChI=1S/C14H20N2O4/c1-8(2)11(17)15-14(7,16-12(18)9(3)4)20-13(19)10(5)6/h1,3,5H2,2,4,6-7H3,(H,15,17)(H,16,18). The van der Waals surface area contributed by atoms with E-state index in [4.69, 9.17) is 4.74 Å². The van der Waals surface area contributed by atoms with E-state index in [1.165, 1.54) is 27.7 Å². The molecule has 0 atom stereocenters. The lowest BCUT2D eigenvalue weighted by molar-refractivity contribution is -0.164. The predicted octanol–water partition coefficient (Wildman–Crippen LogP) is 1.16. The van der Waals surface area contributed by atoms with Crippen molar-refractivity contribution in [3.63, 3.8) is 0 Å². The van der Waals surface area contributed by atoms with Crippen molar-refractivity contribution in [2.24, 2.45) is 0 Å². The van der Waals surface area contributed by atoms with Crippen LogP contribution in [0.15, 0.2) is 36.5 Å². The van der Waals surface area contributed by atoms with Gasteiger partial charge < -0.3 is 4.74 Å². The second-order valence-electron chi connectivity index (χ2n) is 4.67. The van der Waals surface area contributed by atoms with Gasteiger partial charge in [-0.2, -0.15) is 0 Å². The monoisotopic (exact) mass is 280 g/mol. The summed E-state index contributed by atoms with van der Waals surface area (Å²) in [5, 5.41) is 4.74. The molecule has 0 unspecified atom stereocenters. The van der Waals surface area contributed by atoms with Crippen LogP contribution in [0.1, 0.15) is 27.7 Å². The highest BCUT2D eigenvalue weighted by atomic mass is 16.6. The fraction of sp³-hybridized carbons (Fsp3) is 0.357. The van der Waals surface area contributed by atoms with Gasteiger partial charge in [-0.1, -0.05) is 19.7 Å². The molecule has 0 bridgehead atoms. The van der Waals surface area contributed by atoms with Crippen LogP contribution in [-0.4, -0.2) is 23.6 Å². The Bertz CT molecular complexity index is 422. The van der Waals surface area contributed by atoms with Crippen LogP contribution in [0.4, 0.5) is 0 Å². The highest BCUT2D eigenvalue weighted by Gasteiger charge is 2.33. The average molecular weight is 280 g/mol. The van der Waals surface area contributed by atoms with E-state index >= 15 is 0 Å². The van der Waals surface area contributed by atoms with Gasteiger partial charge in [0.25, 0.3) is 17.7 Å². The highest BCUT2D eigenvalue weighted by molar-refractivity contribution is 5.96. The van der Waals surface area contributed by atoms with Gasteiger partial charge >= 0.3 is 5.97 Å². The summed E-state index contributed by atoms with van der Waals surface area (Å²) < 4.78 is 5.06. The Morgan fingerprint density at radius 1 is 0.850 bits per heavy atom. The Morgan fingerprint density at radius 3 is 1.45 bits per heavy atom. The van der Waals surface area contributed by atoms with Crippen LogP contribution in [0, 0.1) is 0 Å². The second-order valence-corrected chi connectivity index (χ2v) is 4.67. The van der Waals surface area contributed by atoms with Crippen LogP contribution < -0.4 is 10.6 Å². The van der Waals surface area contributed by atoms with E-state index in [0.29, 0.717) is 0 Å². The van der Waals surface area contributed by atoms with Crippen molar-refractivity contribution in [1.82, 2.24) is 10.6 Å². The summed E-state index contributed by atoms with van der Waals surface area (Å²) in [5.74, 6) is -3.60. The zero-order valence-corrected chi connectivity index (χ0v) is 12.3. The molecule has 0 heterocycles. The molecule has 0 radical (unpaired) electrons. The third-order valence-electron chi connectivity index (χ3n) is 2.12. The number of carbonyl (C=O) groups excluding carboxylic acids is 3. The van der Waals surface area contributed by atoms with Crippen LogP contribution in [0.5, 0.6) is 0 Å². The van der Waals surface area contributed by atoms with Gasteiger partial charge in [0.05, 0.1) is 0 Å². The van der Waals surface area contributed by atoms with Crippen LogP contribution in [0.2, 0.25) is 0 Å². The fourth-order valence-electron chi connectivity index (χ4n) is 1.00. The number of hydrogen-bond acceptors (Lipinski definition) is 4. The van der Waals surface area contributed by atoms with E-state index in [2.05, 4.69) is 30.4 Å². The number of esters is 1. The highest BCUT2D eigenvalue weighted by Crippen LogP contribution is 2.08. The van der Waals surface area contributed by atoms with Gasteiger partial charge in [-0.25, -0.2) is 4.79 Å². The average Bonchev–Trinajstić information content (AvgIpc) is 2.27. The van der Waals surface area contributed by atoms with Crippen molar-refractivity contribution in [2.75, 3.05) is 0 Å². The number of hydrogen-bond donors (Lipinski definition) is 2. The molecule has 6 nitrogen and oxygen atoms in total. The first-order valence-electron chi connectivity index (χ1n) is 5.83. The lowest BCUT2D eigenvalue weighted by Crippen LogP contribution is -2.61. The maximum absolute atomic E-state index is 11.7. The van der Waals surface area contributed by atoms with Gasteiger partial charge in [0, 0.05) is 23.6 Å². The molecule has 0 fully saturated rings. The van der Waals surface area contributed by atoms with E-state index in [9.17, 15) is 14.4 Å². The third kappa shape index (κ3) is 5.51. The topological polar surface area (TPSA) is 84.5 Å². The summed E-state index contributed by atoms with van der Waals surface area (Å²) in [6.07, 6.45) is 0. The smallest absolute Gasteiger partial charge is 0.336 e. The van der Waals surface area contributed by atoms with Crippen molar-refractivity contribution in [2.45, 2.75) is 33.5 Å². The largest absolute Gasteiger partial charge is 0.417 e. The van der Waals surface area contributed by atoms with E-state index in [1.54, 1.807) is 0 Å². The first-order valence-corrected chi connectivity index (χ1v) is 5.83. The molecule has 20 heavy (non-hydrogen) atoms. The molecule has 2 amide bonds. The van der Waals surface area contributed by atoms with Gasteiger partial charge in [0.2, 0.25) is 0 Å². The zero-order valence-electron chi connectivity index (χ0n) is 12.3. The van der Waals surface area contributed by atoms with Gasteiger partial charge in [-0.15, -0.1) is 0 Å². The summed E-state index contributed by atoms with van der Waals surface area (Å²) in [5.41, 5.74) is 0.532. The molecule has 0 spiro atoms. The molecule has 0 aliphatic heterocycles. The predicted molar refractivity (Wildman–Crippen MR) is 75.2 cm³/mol. The van der Waals surface area contributed by atoms with E-state index in [-0.39, 0.29) is 16.7 Å². The summed E-state index contributed by atoms with van der Waals surface area (Å²) in [6, 6.07) is 0. The molecule has 0 aliphatic carbocycles. The molecule has 110 valence electrons. The normalized spacial score (nSPS) is 10.2. The number of carbonyl (C=O) groups is 3.